The van der Waals surface area contributed by atoms with Crippen molar-refractivity contribution in [3.05, 3.63) is 71.0 Å². The first-order valence-electron chi connectivity index (χ1n) is 11.5. The van der Waals surface area contributed by atoms with E-state index in [2.05, 4.69) is 4.98 Å². The van der Waals surface area contributed by atoms with Crippen molar-refractivity contribution >= 4 is 21.6 Å². The highest BCUT2D eigenvalue weighted by molar-refractivity contribution is 7.89. The third-order valence-electron chi connectivity index (χ3n) is 6.40. The van der Waals surface area contributed by atoms with Crippen LogP contribution in [0.5, 0.6) is 11.5 Å². The van der Waals surface area contributed by atoms with Crippen LogP contribution >= 0.6 is 11.6 Å². The molecule has 0 radical (unpaired) electrons. The van der Waals surface area contributed by atoms with E-state index in [1.54, 1.807) is 6.20 Å². The maximum atomic E-state index is 12.6. The zero-order chi connectivity index (χ0) is 24.8. The van der Waals surface area contributed by atoms with Crippen molar-refractivity contribution in [3.63, 3.8) is 0 Å². The fourth-order valence-electron chi connectivity index (χ4n) is 4.07. The minimum atomic E-state index is -3.84. The number of benzene rings is 2. The lowest BCUT2D eigenvalue weighted by molar-refractivity contribution is 0.0173. The van der Waals surface area contributed by atoms with E-state index in [-0.39, 0.29) is 22.6 Å². The molecule has 2 aliphatic rings. The first kappa shape index (κ1) is 24.1. The molecule has 0 unspecified atom stereocenters. The van der Waals surface area contributed by atoms with Crippen LogP contribution < -0.4 is 4.74 Å². The lowest BCUT2D eigenvalue weighted by Gasteiger charge is -2.22. The van der Waals surface area contributed by atoms with E-state index in [9.17, 15) is 13.5 Å². The largest absolute Gasteiger partial charge is 0.506 e. The Balaban J connectivity index is 1.45. The molecule has 5 rings (SSSR count). The van der Waals surface area contributed by atoms with Gasteiger partial charge in [-0.1, -0.05) is 29.8 Å². The number of halogens is 1. The molecule has 184 valence electrons. The quantitative estimate of drug-likeness (QED) is 0.427. The van der Waals surface area contributed by atoms with Gasteiger partial charge in [0, 0.05) is 48.7 Å². The van der Waals surface area contributed by atoms with Crippen LogP contribution in [-0.2, 0) is 27.0 Å². The highest BCUT2D eigenvalue weighted by Crippen LogP contribution is 2.53. The van der Waals surface area contributed by atoms with Gasteiger partial charge >= 0.3 is 0 Å². The van der Waals surface area contributed by atoms with Crippen LogP contribution in [0.2, 0.25) is 5.02 Å². The summed E-state index contributed by atoms with van der Waals surface area (Å²) in [5.41, 5.74) is 2.88. The van der Waals surface area contributed by atoms with E-state index in [1.807, 2.05) is 36.5 Å². The van der Waals surface area contributed by atoms with Crippen molar-refractivity contribution in [2.24, 2.45) is 0 Å². The molecule has 0 atom stereocenters. The molecular weight excluding hydrogens is 488 g/mol. The Morgan fingerprint density at radius 1 is 1.14 bits per heavy atom. The van der Waals surface area contributed by atoms with E-state index < -0.39 is 21.4 Å². The molecule has 2 saturated carbocycles. The average molecular weight is 515 g/mol. The second kappa shape index (κ2) is 9.09. The molecule has 2 aromatic carbocycles. The molecule has 0 bridgehead atoms. The lowest BCUT2D eigenvalue weighted by atomic mass is 9.96. The summed E-state index contributed by atoms with van der Waals surface area (Å²) < 4.78 is 38.9. The number of phenols is 1. The summed E-state index contributed by atoms with van der Waals surface area (Å²) in [6.45, 7) is 0.0869. The van der Waals surface area contributed by atoms with Crippen molar-refractivity contribution in [1.82, 2.24) is 9.29 Å². The third-order valence-corrected chi connectivity index (χ3v) is 8.60. The van der Waals surface area contributed by atoms with Crippen molar-refractivity contribution in [2.75, 3.05) is 14.1 Å². The van der Waals surface area contributed by atoms with E-state index in [4.69, 9.17) is 21.1 Å². The summed E-state index contributed by atoms with van der Waals surface area (Å²) in [6, 6.07) is 12.6. The van der Waals surface area contributed by atoms with Gasteiger partial charge in [0.2, 0.25) is 10.0 Å². The molecule has 2 fully saturated rings. The molecule has 2 aliphatic carbocycles. The molecule has 1 N–H and O–H groups in total. The monoisotopic (exact) mass is 514 g/mol. The number of aromatic nitrogens is 1. The number of hydrogen-bond donors (Lipinski definition) is 1. The molecule has 0 spiro atoms. The van der Waals surface area contributed by atoms with Gasteiger partial charge in [-0.25, -0.2) is 12.7 Å². The Hall–Kier alpha value is -2.65. The molecule has 35 heavy (non-hydrogen) atoms. The van der Waals surface area contributed by atoms with Crippen molar-refractivity contribution < 1.29 is 23.0 Å². The van der Waals surface area contributed by atoms with Crippen LogP contribution in [0.4, 0.5) is 0 Å². The molecule has 3 aromatic rings. The molecule has 1 aromatic heterocycles. The first-order valence-corrected chi connectivity index (χ1v) is 13.3. The number of pyridine rings is 1. The smallest absolute Gasteiger partial charge is 0.246 e. The maximum Gasteiger partial charge on any atom is 0.246 e. The molecule has 0 aliphatic heterocycles. The second-order valence-corrected chi connectivity index (χ2v) is 11.7. The van der Waals surface area contributed by atoms with Crippen LogP contribution in [0.3, 0.4) is 0 Å². The standard InChI is InChI=1S/C26H27ClN2O5S/c1-29(2)35(31,32)25-13-17(22(27)14-23(25)30)16-33-26(10-11-26)21-15-28-12-9-19(21)20-5-3-4-6-24(20)34-18-7-8-18/h3-6,9,12-15,18,30H,7-8,10-11,16H2,1-2H3. The Bertz CT molecular complexity index is 1370. The Morgan fingerprint density at radius 2 is 1.89 bits per heavy atom. The van der Waals surface area contributed by atoms with Crippen molar-refractivity contribution in [1.29, 1.82) is 0 Å². The number of sulfonamides is 1. The number of aromatic hydroxyl groups is 1. The number of rotatable bonds is 9. The summed E-state index contributed by atoms with van der Waals surface area (Å²) in [5.74, 6) is 0.453. The number of para-hydroxylation sites is 1. The maximum absolute atomic E-state index is 12.6. The summed E-state index contributed by atoms with van der Waals surface area (Å²) in [6.07, 6.45) is 7.62. The fourth-order valence-corrected chi connectivity index (χ4v) is 5.29. The predicted molar refractivity (Wildman–Crippen MR) is 133 cm³/mol. The summed E-state index contributed by atoms with van der Waals surface area (Å²) in [4.78, 5) is 4.16. The van der Waals surface area contributed by atoms with Gasteiger partial charge in [0.15, 0.2) is 0 Å². The number of ether oxygens (including phenoxy) is 2. The molecule has 1 heterocycles. The zero-order valence-electron chi connectivity index (χ0n) is 19.6. The first-order chi connectivity index (χ1) is 16.7. The highest BCUT2D eigenvalue weighted by Gasteiger charge is 2.48. The Labute approximate surface area is 210 Å². The number of phenolic OH excluding ortho intramolecular Hbond substituents is 1. The van der Waals surface area contributed by atoms with E-state index in [1.165, 1.54) is 26.2 Å². The van der Waals surface area contributed by atoms with Crippen molar-refractivity contribution in [3.8, 4) is 22.6 Å². The minimum absolute atomic E-state index is 0.0869. The second-order valence-electron chi connectivity index (χ2n) is 9.22. The topological polar surface area (TPSA) is 89.0 Å². The third kappa shape index (κ3) is 4.76. The molecule has 0 saturated heterocycles. The zero-order valence-corrected chi connectivity index (χ0v) is 21.1. The van der Waals surface area contributed by atoms with Gasteiger partial charge in [-0.3, -0.25) is 4.98 Å². The van der Waals surface area contributed by atoms with Crippen LogP contribution in [0.25, 0.3) is 11.1 Å². The van der Waals surface area contributed by atoms with Gasteiger partial charge in [0.1, 0.15) is 16.4 Å². The van der Waals surface area contributed by atoms with E-state index >= 15 is 0 Å². The van der Waals surface area contributed by atoms with Gasteiger partial charge in [0.25, 0.3) is 0 Å². The number of nitrogens with zero attached hydrogens (tertiary/aromatic N) is 2. The Morgan fingerprint density at radius 3 is 2.57 bits per heavy atom. The van der Waals surface area contributed by atoms with Gasteiger partial charge < -0.3 is 14.6 Å². The van der Waals surface area contributed by atoms with Crippen LogP contribution in [-0.4, -0.2) is 43.0 Å². The normalized spacial score (nSPS) is 16.9. The van der Waals surface area contributed by atoms with Crippen LogP contribution in [0.1, 0.15) is 36.8 Å². The minimum Gasteiger partial charge on any atom is -0.506 e. The highest BCUT2D eigenvalue weighted by atomic mass is 35.5. The van der Waals surface area contributed by atoms with Gasteiger partial charge in [0.05, 0.1) is 18.3 Å². The lowest BCUT2D eigenvalue weighted by Crippen LogP contribution is -2.22. The predicted octanol–water partition coefficient (Wildman–Crippen LogP) is 5.11. The van der Waals surface area contributed by atoms with Gasteiger partial charge in [-0.05, 0) is 55.0 Å². The summed E-state index contributed by atoms with van der Waals surface area (Å²) >= 11 is 6.35. The van der Waals surface area contributed by atoms with Crippen LogP contribution in [0.15, 0.2) is 59.8 Å². The molecular formula is C26H27ClN2O5S. The van der Waals surface area contributed by atoms with E-state index in [0.29, 0.717) is 5.56 Å². The number of hydrogen-bond acceptors (Lipinski definition) is 6. The van der Waals surface area contributed by atoms with Gasteiger partial charge in [-0.2, -0.15) is 0 Å². The van der Waals surface area contributed by atoms with Gasteiger partial charge in [-0.15, -0.1) is 0 Å². The van der Waals surface area contributed by atoms with Crippen molar-refractivity contribution in [2.45, 2.75) is 48.9 Å². The molecule has 0 amide bonds. The SMILES string of the molecule is CN(C)S(=O)(=O)c1cc(COC2(c3cnccc3-c3ccccc3OC3CC3)CC2)c(Cl)cc1O. The Kier molecular flexibility index (Phi) is 6.25. The van der Waals surface area contributed by atoms with E-state index in [0.717, 1.165) is 52.4 Å². The summed E-state index contributed by atoms with van der Waals surface area (Å²) in [5, 5.41) is 10.5. The summed E-state index contributed by atoms with van der Waals surface area (Å²) in [7, 11) is -1.02. The fraction of sp³-hybridized carbons (Fsp3) is 0.346. The molecule has 9 heteroatoms. The molecule has 7 nitrogen and oxygen atoms in total. The van der Waals surface area contributed by atoms with Crippen LogP contribution in [0, 0.1) is 0 Å². The average Bonchev–Trinajstić information content (AvgIpc) is 3.76.